The number of rotatable bonds is 5. The van der Waals surface area contributed by atoms with Gasteiger partial charge in [-0.1, -0.05) is 22.9 Å². The van der Waals surface area contributed by atoms with E-state index in [-0.39, 0.29) is 24.4 Å². The van der Waals surface area contributed by atoms with E-state index in [4.69, 9.17) is 16.7 Å². The summed E-state index contributed by atoms with van der Waals surface area (Å²) in [5.74, 6) is -0.973. The van der Waals surface area contributed by atoms with Gasteiger partial charge in [-0.05, 0) is 29.8 Å². The van der Waals surface area contributed by atoms with Crippen molar-refractivity contribution in [1.82, 2.24) is 25.2 Å². The molecule has 9 nitrogen and oxygen atoms in total. The number of hydrogen-bond donors (Lipinski definition) is 1. The van der Waals surface area contributed by atoms with Crippen LogP contribution in [0.5, 0.6) is 0 Å². The first-order chi connectivity index (χ1) is 14.0. The summed E-state index contributed by atoms with van der Waals surface area (Å²) >= 11 is 7.72. The molecular formula is C17H15ClFN7O2S. The molecule has 2 aliphatic rings. The number of carbonyl (C=O) groups is 1. The van der Waals surface area contributed by atoms with E-state index in [1.807, 2.05) is 0 Å². The Kier molecular flexibility index (Phi) is 4.36. The lowest BCUT2D eigenvalue weighted by atomic mass is 10.2. The molecule has 3 aromatic rings. The Labute approximate surface area is 173 Å². The van der Waals surface area contributed by atoms with Crippen LogP contribution in [0.3, 0.4) is 0 Å². The van der Waals surface area contributed by atoms with Crippen LogP contribution < -0.4 is 9.80 Å². The predicted molar refractivity (Wildman–Crippen MR) is 105 cm³/mol. The first kappa shape index (κ1) is 18.3. The smallest absolute Gasteiger partial charge is 0.327 e. The fourth-order valence-corrected chi connectivity index (χ4v) is 5.08. The minimum atomic E-state index is -1.03. The lowest BCUT2D eigenvalue weighted by molar-refractivity contribution is -0.138. The Bertz CT molecular complexity index is 1090. The van der Waals surface area contributed by atoms with Crippen molar-refractivity contribution in [3.8, 4) is 10.7 Å². The Morgan fingerprint density at radius 3 is 2.86 bits per heavy atom. The third kappa shape index (κ3) is 3.29. The normalized spacial score (nSPS) is 20.6. The zero-order chi connectivity index (χ0) is 20.1. The van der Waals surface area contributed by atoms with Gasteiger partial charge in [-0.2, -0.15) is 4.80 Å². The quantitative estimate of drug-likeness (QED) is 0.650. The van der Waals surface area contributed by atoms with Gasteiger partial charge in [0.25, 0.3) is 0 Å². The second-order valence-corrected chi connectivity index (χ2v) is 8.40. The van der Waals surface area contributed by atoms with Crippen molar-refractivity contribution in [2.24, 2.45) is 0 Å². The second-order valence-electron chi connectivity index (χ2n) is 6.99. The molecule has 2 bridgehead atoms. The maximum absolute atomic E-state index is 13.7. The van der Waals surface area contributed by atoms with Gasteiger partial charge < -0.3 is 14.9 Å². The number of carboxylic acids is 1. The zero-order valence-corrected chi connectivity index (χ0v) is 16.5. The summed E-state index contributed by atoms with van der Waals surface area (Å²) in [5, 5.41) is 22.0. The summed E-state index contributed by atoms with van der Waals surface area (Å²) in [7, 11) is 0. The van der Waals surface area contributed by atoms with Crippen LogP contribution in [0, 0.1) is 5.82 Å². The van der Waals surface area contributed by atoms with Crippen LogP contribution in [0.15, 0.2) is 24.4 Å². The molecule has 12 heteroatoms. The highest BCUT2D eigenvalue weighted by atomic mass is 35.5. The number of hydrogen-bond acceptors (Lipinski definition) is 8. The average Bonchev–Trinajstić information content (AvgIpc) is 3.45. The average molecular weight is 436 g/mol. The molecule has 2 atom stereocenters. The lowest BCUT2D eigenvalue weighted by Gasteiger charge is -2.35. The first-order valence-electron chi connectivity index (χ1n) is 8.92. The van der Waals surface area contributed by atoms with Gasteiger partial charge in [0.05, 0.1) is 27.8 Å². The molecule has 1 N–H and O–H groups in total. The fraction of sp³-hybridized carbons (Fsp3) is 0.353. The van der Waals surface area contributed by atoms with Crippen molar-refractivity contribution < 1.29 is 14.3 Å². The van der Waals surface area contributed by atoms with E-state index in [0.717, 1.165) is 40.0 Å². The molecule has 2 saturated heterocycles. The highest BCUT2D eigenvalue weighted by molar-refractivity contribution is 7.18. The van der Waals surface area contributed by atoms with Crippen LogP contribution in [0.2, 0.25) is 5.02 Å². The number of aliphatic carboxylic acids is 1. The van der Waals surface area contributed by atoms with Gasteiger partial charge in [0, 0.05) is 19.1 Å². The summed E-state index contributed by atoms with van der Waals surface area (Å²) in [4.78, 5) is 21.4. The molecule has 29 heavy (non-hydrogen) atoms. The van der Waals surface area contributed by atoms with Crippen molar-refractivity contribution in [3.63, 3.8) is 0 Å². The van der Waals surface area contributed by atoms with E-state index in [2.05, 4.69) is 30.2 Å². The third-order valence-corrected chi connectivity index (χ3v) is 6.50. The van der Waals surface area contributed by atoms with Crippen LogP contribution in [0.1, 0.15) is 6.42 Å². The molecule has 4 heterocycles. The minimum absolute atomic E-state index is 0.237. The monoisotopic (exact) mass is 435 g/mol. The van der Waals surface area contributed by atoms with Crippen LogP contribution in [0.4, 0.5) is 15.2 Å². The number of thiazole rings is 1. The molecule has 150 valence electrons. The maximum Gasteiger partial charge on any atom is 0.327 e. The van der Waals surface area contributed by atoms with E-state index in [9.17, 15) is 9.18 Å². The summed E-state index contributed by atoms with van der Waals surface area (Å²) in [6.45, 7) is 1.17. The maximum atomic E-state index is 13.7. The lowest BCUT2D eigenvalue weighted by Crippen LogP contribution is -2.46. The molecule has 2 aromatic heterocycles. The summed E-state index contributed by atoms with van der Waals surface area (Å²) in [5.41, 5.74) is 0.734. The molecule has 5 rings (SSSR count). The molecule has 2 fully saturated rings. The first-order valence-corrected chi connectivity index (χ1v) is 10.1. The fourth-order valence-electron chi connectivity index (χ4n) is 3.93. The Morgan fingerprint density at radius 1 is 1.31 bits per heavy atom. The van der Waals surface area contributed by atoms with Crippen LogP contribution in [0.25, 0.3) is 10.7 Å². The van der Waals surface area contributed by atoms with Crippen LogP contribution in [-0.2, 0) is 11.3 Å². The predicted octanol–water partition coefficient (Wildman–Crippen LogP) is 2.14. The van der Waals surface area contributed by atoms with E-state index >= 15 is 0 Å². The highest BCUT2D eigenvalue weighted by Crippen LogP contribution is 2.41. The largest absolute Gasteiger partial charge is 0.480 e. The summed E-state index contributed by atoms with van der Waals surface area (Å²) < 4.78 is 13.7. The van der Waals surface area contributed by atoms with Crippen molar-refractivity contribution in [2.75, 3.05) is 22.9 Å². The topological polar surface area (TPSA) is 100 Å². The number of carboxylic acid groups (broad SMARTS) is 1. The molecule has 0 spiro atoms. The van der Waals surface area contributed by atoms with Crippen LogP contribution >= 0.6 is 22.9 Å². The number of aromatic nitrogens is 5. The van der Waals surface area contributed by atoms with E-state index in [0.29, 0.717) is 10.8 Å². The number of halogens is 2. The highest BCUT2D eigenvalue weighted by Gasteiger charge is 2.45. The number of tetrazole rings is 1. The van der Waals surface area contributed by atoms with Gasteiger partial charge >= 0.3 is 5.97 Å². The van der Waals surface area contributed by atoms with E-state index in [1.165, 1.54) is 23.5 Å². The second kappa shape index (κ2) is 6.92. The molecular weight excluding hydrogens is 421 g/mol. The SMILES string of the molecule is O=C(O)Cn1nnc(-c2cnc(N3C[C@H]4C[C@@H]3CN4c3cc(F)ccc3Cl)s2)n1. The molecule has 0 unspecified atom stereocenters. The van der Waals surface area contributed by atoms with Gasteiger partial charge in [0.2, 0.25) is 5.82 Å². The molecule has 2 aliphatic heterocycles. The van der Waals surface area contributed by atoms with E-state index in [1.54, 1.807) is 12.3 Å². The van der Waals surface area contributed by atoms with Gasteiger partial charge in [-0.3, -0.25) is 4.79 Å². The molecule has 0 aliphatic carbocycles. The molecule has 0 saturated carbocycles. The number of benzene rings is 1. The Morgan fingerprint density at radius 2 is 2.10 bits per heavy atom. The van der Waals surface area contributed by atoms with Crippen LogP contribution in [-0.4, -0.2) is 61.4 Å². The number of fused-ring (bicyclic) bond motifs is 2. The number of nitrogens with zero attached hydrogens (tertiary/aromatic N) is 7. The standard InChI is InChI=1S/C17H15ClFN7O2S/c18-12-2-1-9(19)3-13(12)24-6-11-4-10(24)7-25(11)17-20-5-14(29-17)16-21-23-26(22-16)8-15(27)28/h1-3,5,10-11H,4,6-8H2,(H,27,28)/t10-,11-/m1/s1. The molecule has 0 amide bonds. The summed E-state index contributed by atoms with van der Waals surface area (Å²) in [6.07, 6.45) is 2.63. The third-order valence-electron chi connectivity index (χ3n) is 5.15. The Balaban J connectivity index is 1.32. The van der Waals surface area contributed by atoms with Crippen molar-refractivity contribution in [2.45, 2.75) is 25.0 Å². The Hall–Kier alpha value is -2.79. The summed E-state index contributed by atoms with van der Waals surface area (Å²) in [6, 6.07) is 4.94. The van der Waals surface area contributed by atoms with Gasteiger partial charge in [-0.15, -0.1) is 10.2 Å². The van der Waals surface area contributed by atoms with Gasteiger partial charge in [0.15, 0.2) is 11.7 Å². The zero-order valence-electron chi connectivity index (χ0n) is 14.9. The minimum Gasteiger partial charge on any atom is -0.480 e. The van der Waals surface area contributed by atoms with Crippen molar-refractivity contribution in [1.29, 1.82) is 0 Å². The molecule has 1 aromatic carbocycles. The van der Waals surface area contributed by atoms with Crippen molar-refractivity contribution >= 4 is 39.7 Å². The van der Waals surface area contributed by atoms with E-state index < -0.39 is 5.97 Å². The van der Waals surface area contributed by atoms with Gasteiger partial charge in [-0.25, -0.2) is 9.37 Å². The van der Waals surface area contributed by atoms with Crippen molar-refractivity contribution in [3.05, 3.63) is 35.2 Å². The number of anilines is 2. The molecule has 0 radical (unpaired) electrons. The van der Waals surface area contributed by atoms with Gasteiger partial charge in [0.1, 0.15) is 5.82 Å². The number of piperazine rings is 1.